The molecule has 3 heterocycles. The van der Waals surface area contributed by atoms with Crippen molar-refractivity contribution in [1.82, 2.24) is 19.4 Å². The van der Waals surface area contributed by atoms with Crippen molar-refractivity contribution in [2.75, 3.05) is 31.5 Å². The van der Waals surface area contributed by atoms with E-state index in [4.69, 9.17) is 32.7 Å². The molecule has 3 amide bonds. The molecule has 2 aromatic heterocycles. The Hall–Kier alpha value is -4.28. The van der Waals surface area contributed by atoms with Crippen LogP contribution in [0, 0.1) is 6.92 Å². The lowest BCUT2D eigenvalue weighted by molar-refractivity contribution is 0.0139. The van der Waals surface area contributed by atoms with Gasteiger partial charge >= 0.3 is 6.09 Å². The molecule has 1 aliphatic heterocycles. The third-order valence-corrected chi connectivity index (χ3v) is 7.90. The van der Waals surface area contributed by atoms with Gasteiger partial charge in [-0.15, -0.1) is 0 Å². The van der Waals surface area contributed by atoms with Crippen molar-refractivity contribution in [2.24, 2.45) is 7.05 Å². The molecular formula is C32H33Cl2N5O5. The minimum Gasteiger partial charge on any atom is -0.444 e. The van der Waals surface area contributed by atoms with Crippen LogP contribution >= 0.6 is 23.2 Å². The van der Waals surface area contributed by atoms with Crippen molar-refractivity contribution in [1.29, 1.82) is 0 Å². The third kappa shape index (κ3) is 6.92. The number of benzene rings is 2. The summed E-state index contributed by atoms with van der Waals surface area (Å²) < 4.78 is 13.3. The Morgan fingerprint density at radius 2 is 1.59 bits per heavy atom. The van der Waals surface area contributed by atoms with Crippen molar-refractivity contribution in [2.45, 2.75) is 33.3 Å². The normalized spacial score (nSPS) is 13.6. The Kier molecular flexibility index (Phi) is 8.76. The number of piperazine rings is 1. The van der Waals surface area contributed by atoms with E-state index >= 15 is 0 Å². The second kappa shape index (κ2) is 12.4. The maximum Gasteiger partial charge on any atom is 0.410 e. The smallest absolute Gasteiger partial charge is 0.410 e. The van der Waals surface area contributed by atoms with Crippen LogP contribution in [0.4, 0.5) is 10.5 Å². The van der Waals surface area contributed by atoms with E-state index < -0.39 is 5.60 Å². The van der Waals surface area contributed by atoms with Gasteiger partial charge in [0.25, 0.3) is 11.8 Å². The Bertz CT molecular complexity index is 1760. The lowest BCUT2D eigenvalue weighted by Gasteiger charge is -2.35. The average molecular weight is 639 g/mol. The average Bonchev–Trinajstić information content (AvgIpc) is 3.30. The van der Waals surface area contributed by atoms with Gasteiger partial charge in [0, 0.05) is 55.8 Å². The zero-order valence-electron chi connectivity index (χ0n) is 25.1. The van der Waals surface area contributed by atoms with Crippen LogP contribution in [0.2, 0.25) is 10.0 Å². The van der Waals surface area contributed by atoms with Crippen LogP contribution in [0.25, 0.3) is 10.9 Å². The van der Waals surface area contributed by atoms with Crippen molar-refractivity contribution in [3.8, 4) is 11.6 Å². The molecule has 0 saturated carbocycles. The highest BCUT2D eigenvalue weighted by Crippen LogP contribution is 2.29. The predicted molar refractivity (Wildman–Crippen MR) is 170 cm³/mol. The van der Waals surface area contributed by atoms with Gasteiger partial charge in [-0.2, -0.15) is 0 Å². The fraction of sp³-hybridized carbons (Fsp3) is 0.312. The molecule has 0 unspecified atom stereocenters. The number of aromatic nitrogens is 2. The fourth-order valence-corrected chi connectivity index (χ4v) is 5.15. The monoisotopic (exact) mass is 637 g/mol. The summed E-state index contributed by atoms with van der Waals surface area (Å²) >= 11 is 12.0. The lowest BCUT2D eigenvalue weighted by atomic mass is 10.2. The summed E-state index contributed by atoms with van der Waals surface area (Å²) in [5, 5.41) is 4.33. The topological polar surface area (TPSA) is 106 Å². The second-order valence-corrected chi connectivity index (χ2v) is 12.4. The standard InChI is InChI=1S/C32H33Cl2N5O5/c1-19-25(36-29(40)20-6-8-23(33)24(34)17-20)9-11-28(35-19)43-22-7-10-26-21(16-22)18-27(37(26)5)30(41)38-12-14-39(15-13-38)31(42)44-32(2,3)4/h6-11,16-18H,12-15H2,1-5H3,(H,36,40). The van der Waals surface area contributed by atoms with Crippen molar-refractivity contribution >= 4 is 57.7 Å². The van der Waals surface area contributed by atoms with E-state index in [2.05, 4.69) is 10.3 Å². The molecule has 12 heteroatoms. The largest absolute Gasteiger partial charge is 0.444 e. The molecule has 0 spiro atoms. The van der Waals surface area contributed by atoms with Gasteiger partial charge in [0.05, 0.1) is 21.4 Å². The molecular weight excluding hydrogens is 605 g/mol. The number of ether oxygens (including phenoxy) is 2. The van der Waals surface area contributed by atoms with E-state index in [1.54, 1.807) is 41.0 Å². The zero-order chi connectivity index (χ0) is 31.8. The first kappa shape index (κ1) is 31.2. The summed E-state index contributed by atoms with van der Waals surface area (Å²) in [5.41, 5.74) is 2.31. The number of rotatable bonds is 5. The van der Waals surface area contributed by atoms with Crippen LogP contribution in [-0.2, 0) is 11.8 Å². The van der Waals surface area contributed by atoms with Gasteiger partial charge in [-0.05, 0) is 76.2 Å². The Balaban J connectivity index is 1.24. The zero-order valence-corrected chi connectivity index (χ0v) is 26.6. The van der Waals surface area contributed by atoms with Crippen LogP contribution in [0.5, 0.6) is 11.6 Å². The van der Waals surface area contributed by atoms with Crippen LogP contribution in [0.15, 0.2) is 54.6 Å². The number of carbonyl (C=O) groups is 3. The van der Waals surface area contributed by atoms with E-state index in [9.17, 15) is 14.4 Å². The first-order valence-corrected chi connectivity index (χ1v) is 14.8. The van der Waals surface area contributed by atoms with Crippen LogP contribution in [0.1, 0.15) is 47.3 Å². The number of aryl methyl sites for hydroxylation is 2. The number of carbonyl (C=O) groups excluding carboxylic acids is 3. The summed E-state index contributed by atoms with van der Waals surface area (Å²) in [4.78, 5) is 46.4. The summed E-state index contributed by atoms with van der Waals surface area (Å²) in [6.45, 7) is 8.92. The number of halogens is 2. The first-order chi connectivity index (χ1) is 20.8. The van der Waals surface area contributed by atoms with E-state index in [0.717, 1.165) is 10.9 Å². The Morgan fingerprint density at radius 1 is 0.886 bits per heavy atom. The van der Waals surface area contributed by atoms with Crippen molar-refractivity contribution in [3.05, 3.63) is 81.6 Å². The van der Waals surface area contributed by atoms with Gasteiger partial charge in [-0.25, -0.2) is 9.78 Å². The number of nitrogens with zero attached hydrogens (tertiary/aromatic N) is 4. The quantitative estimate of drug-likeness (QED) is 0.254. The van der Waals surface area contributed by atoms with Gasteiger partial charge in [-0.1, -0.05) is 23.2 Å². The minimum atomic E-state index is -0.570. The Morgan fingerprint density at radius 3 is 2.25 bits per heavy atom. The molecule has 1 aliphatic rings. The highest BCUT2D eigenvalue weighted by molar-refractivity contribution is 6.42. The molecule has 0 bridgehead atoms. The molecule has 2 aromatic carbocycles. The summed E-state index contributed by atoms with van der Waals surface area (Å²) in [6.07, 6.45) is -0.367. The molecule has 230 valence electrons. The first-order valence-electron chi connectivity index (χ1n) is 14.1. The molecule has 5 rings (SSSR count). The molecule has 10 nitrogen and oxygen atoms in total. The molecule has 1 N–H and O–H groups in total. The highest BCUT2D eigenvalue weighted by atomic mass is 35.5. The maximum absolute atomic E-state index is 13.4. The molecule has 1 saturated heterocycles. The molecule has 0 radical (unpaired) electrons. The van der Waals surface area contributed by atoms with Gasteiger partial charge in [-0.3, -0.25) is 9.59 Å². The van der Waals surface area contributed by atoms with E-state index in [1.807, 2.05) is 56.7 Å². The minimum absolute atomic E-state index is 0.106. The van der Waals surface area contributed by atoms with Crippen molar-refractivity contribution in [3.63, 3.8) is 0 Å². The SMILES string of the molecule is Cc1nc(Oc2ccc3c(c2)cc(C(=O)N2CCN(C(=O)OC(C)(C)C)CC2)n3C)ccc1NC(=O)c1ccc(Cl)c(Cl)c1. The van der Waals surface area contributed by atoms with Crippen molar-refractivity contribution < 1.29 is 23.9 Å². The molecule has 44 heavy (non-hydrogen) atoms. The number of anilines is 1. The number of hydrogen-bond donors (Lipinski definition) is 1. The lowest BCUT2D eigenvalue weighted by Crippen LogP contribution is -2.51. The van der Waals surface area contributed by atoms with Crippen LogP contribution in [-0.4, -0.2) is 69.0 Å². The molecule has 0 atom stereocenters. The summed E-state index contributed by atoms with van der Waals surface area (Å²) in [6, 6.07) is 15.4. The van der Waals surface area contributed by atoms with Crippen LogP contribution in [0.3, 0.4) is 0 Å². The van der Waals surface area contributed by atoms with Gasteiger partial charge in [0.1, 0.15) is 17.0 Å². The predicted octanol–water partition coefficient (Wildman–Crippen LogP) is 6.93. The van der Waals surface area contributed by atoms with Gasteiger partial charge in [0.15, 0.2) is 0 Å². The number of amides is 3. The fourth-order valence-electron chi connectivity index (χ4n) is 4.86. The number of hydrogen-bond acceptors (Lipinski definition) is 6. The number of pyridine rings is 1. The van der Waals surface area contributed by atoms with Gasteiger partial charge in [0.2, 0.25) is 5.88 Å². The second-order valence-electron chi connectivity index (χ2n) is 11.5. The van der Waals surface area contributed by atoms with E-state index in [0.29, 0.717) is 70.5 Å². The molecule has 4 aromatic rings. The van der Waals surface area contributed by atoms with E-state index in [-0.39, 0.29) is 17.9 Å². The summed E-state index contributed by atoms with van der Waals surface area (Å²) in [5.74, 6) is 0.454. The van der Waals surface area contributed by atoms with Gasteiger partial charge < -0.3 is 29.2 Å². The number of nitrogens with one attached hydrogen (secondary N) is 1. The van der Waals surface area contributed by atoms with Crippen LogP contribution < -0.4 is 10.1 Å². The molecule has 0 aliphatic carbocycles. The molecule has 1 fully saturated rings. The maximum atomic E-state index is 13.4. The highest BCUT2D eigenvalue weighted by Gasteiger charge is 2.29. The Labute approximate surface area is 265 Å². The third-order valence-electron chi connectivity index (χ3n) is 7.16. The summed E-state index contributed by atoms with van der Waals surface area (Å²) in [7, 11) is 1.85. The van der Waals surface area contributed by atoms with E-state index in [1.165, 1.54) is 6.07 Å². The number of fused-ring (bicyclic) bond motifs is 1.